The maximum absolute atomic E-state index is 11.4. The van der Waals surface area contributed by atoms with Crippen molar-refractivity contribution in [3.63, 3.8) is 0 Å². The van der Waals surface area contributed by atoms with Gasteiger partial charge in [0.15, 0.2) is 0 Å². The van der Waals surface area contributed by atoms with Gasteiger partial charge in [-0.2, -0.15) is 0 Å². The topological polar surface area (TPSA) is 136 Å². The number of carbonyl (C=O) groups excluding carboxylic acids is 2. The van der Waals surface area contributed by atoms with Crippen LogP contribution in [0.15, 0.2) is 60.7 Å². The average molecular weight is 550 g/mol. The minimum Gasteiger partial charge on any atom is -0.478 e. The van der Waals surface area contributed by atoms with Crippen molar-refractivity contribution in [1.29, 1.82) is 0 Å². The molecule has 190 valence electrons. The first-order valence-electron chi connectivity index (χ1n) is 9.84. The Morgan fingerprint density at radius 3 is 1.40 bits per heavy atom. The van der Waals surface area contributed by atoms with E-state index in [1.807, 2.05) is 0 Å². The fraction of sp³-hybridized carbons (Fsp3) is 0.304. The average Bonchev–Trinajstić information content (AvgIpc) is 2.75. The van der Waals surface area contributed by atoms with E-state index in [1.54, 1.807) is 69.3 Å². The number of carboxylic acids is 2. The molecule has 2 aromatic carbocycles. The Balaban J connectivity index is 0.000000351. The third-order valence-electron chi connectivity index (χ3n) is 3.71. The molecule has 0 aliphatic rings. The molecule has 0 amide bonds. The lowest BCUT2D eigenvalue weighted by molar-refractivity contribution is -0.164. The number of carbonyl (C=O) groups is 4. The molecule has 0 saturated heterocycles. The van der Waals surface area contributed by atoms with E-state index in [0.717, 1.165) is 0 Å². The molecule has 0 aliphatic carbocycles. The van der Waals surface area contributed by atoms with Crippen LogP contribution in [0.1, 0.15) is 44.1 Å². The van der Waals surface area contributed by atoms with Crippen molar-refractivity contribution >= 4 is 58.9 Å². The smallest absolute Gasteiger partial charge is 0.478 e. The van der Waals surface area contributed by atoms with Crippen molar-refractivity contribution in [3.05, 3.63) is 71.8 Å². The van der Waals surface area contributed by atoms with Crippen molar-refractivity contribution < 1.29 is 43.6 Å². The fourth-order valence-electron chi connectivity index (χ4n) is 2.32. The van der Waals surface area contributed by atoms with Gasteiger partial charge in [-0.25, -0.2) is 19.2 Å². The fourth-order valence-corrected chi connectivity index (χ4v) is 2.46. The van der Waals surface area contributed by atoms with Crippen molar-refractivity contribution in [2.75, 3.05) is 0 Å². The number of rotatable bonds is 6. The normalized spacial score (nSPS) is 12.7. The van der Waals surface area contributed by atoms with Gasteiger partial charge in [0.1, 0.15) is 5.60 Å². The minimum atomic E-state index is -2.30. The molecule has 0 radical (unpaired) electrons. The molecule has 0 bridgehead atoms. The van der Waals surface area contributed by atoms with Crippen LogP contribution in [0.2, 0.25) is 0 Å². The number of hydrogen-bond acceptors (Lipinski definition) is 7. The lowest BCUT2D eigenvalue weighted by atomic mass is 10.1. The molecule has 2 atom stereocenters. The first kappa shape index (κ1) is 30.0. The number of aliphatic carboxylic acids is 2. The zero-order chi connectivity index (χ0) is 26.8. The van der Waals surface area contributed by atoms with Crippen LogP contribution in [-0.4, -0.2) is 43.7 Å². The van der Waals surface area contributed by atoms with Crippen LogP contribution in [0, 0.1) is 0 Å². The summed E-state index contributed by atoms with van der Waals surface area (Å²) >= 11 is 15.8. The molecule has 9 nitrogen and oxygen atoms in total. The summed E-state index contributed by atoms with van der Waals surface area (Å²) in [5.41, 5.74) is -0.0601. The lowest BCUT2D eigenvalue weighted by Crippen LogP contribution is -2.27. The molecule has 0 aromatic heterocycles. The quantitative estimate of drug-likeness (QED) is 0.354. The highest BCUT2D eigenvalue weighted by Crippen LogP contribution is 2.30. The third-order valence-corrected chi connectivity index (χ3v) is 4.18. The summed E-state index contributed by atoms with van der Waals surface area (Å²) in [6.45, 7) is 5.02. The van der Waals surface area contributed by atoms with Crippen LogP contribution in [-0.2, 0) is 28.6 Å². The zero-order valence-electron chi connectivity index (χ0n) is 18.8. The van der Waals surface area contributed by atoms with Gasteiger partial charge >= 0.3 is 24.1 Å². The molecule has 12 heteroatoms. The van der Waals surface area contributed by atoms with E-state index < -0.39 is 45.7 Å². The number of esters is 1. The summed E-state index contributed by atoms with van der Waals surface area (Å²) in [7, 11) is 0. The Hall–Kier alpha value is -3.01. The van der Waals surface area contributed by atoms with Gasteiger partial charge in [0.25, 0.3) is 3.79 Å². The lowest BCUT2D eigenvalue weighted by Gasteiger charge is -2.21. The molecular formula is C23H23Cl3O9. The highest BCUT2D eigenvalue weighted by molar-refractivity contribution is 6.75. The second-order valence-corrected chi connectivity index (χ2v) is 10.0. The van der Waals surface area contributed by atoms with Crippen LogP contribution >= 0.6 is 34.8 Å². The number of alkyl halides is 3. The van der Waals surface area contributed by atoms with Crippen LogP contribution in [0.5, 0.6) is 0 Å². The van der Waals surface area contributed by atoms with Gasteiger partial charge in [0, 0.05) is 11.1 Å². The summed E-state index contributed by atoms with van der Waals surface area (Å²) in [5.74, 6) is -3.83. The molecule has 2 unspecified atom stereocenters. The van der Waals surface area contributed by atoms with Crippen LogP contribution in [0.4, 0.5) is 4.79 Å². The minimum absolute atomic E-state index is 0.280. The molecule has 0 heterocycles. The number of carboxylic acid groups (broad SMARTS) is 2. The van der Waals surface area contributed by atoms with E-state index in [9.17, 15) is 19.2 Å². The van der Waals surface area contributed by atoms with Crippen molar-refractivity contribution in [2.45, 2.75) is 42.4 Å². The Morgan fingerprint density at radius 1 is 0.714 bits per heavy atom. The Bertz CT molecular complexity index is 1000. The van der Waals surface area contributed by atoms with E-state index in [0.29, 0.717) is 5.56 Å². The highest BCUT2D eigenvalue weighted by atomic mass is 35.6. The molecule has 35 heavy (non-hydrogen) atoms. The van der Waals surface area contributed by atoms with E-state index in [1.165, 1.54) is 12.1 Å². The summed E-state index contributed by atoms with van der Waals surface area (Å²) in [6.07, 6.45) is -3.86. The molecule has 0 saturated carbocycles. The zero-order valence-corrected chi connectivity index (χ0v) is 21.1. The van der Waals surface area contributed by atoms with Crippen LogP contribution < -0.4 is 0 Å². The largest absolute Gasteiger partial charge is 0.509 e. The van der Waals surface area contributed by atoms with Crippen molar-refractivity contribution in [3.8, 4) is 0 Å². The number of hydrogen-bond donors (Lipinski definition) is 2. The summed E-state index contributed by atoms with van der Waals surface area (Å²) in [4.78, 5) is 44.7. The van der Waals surface area contributed by atoms with E-state index >= 15 is 0 Å². The Kier molecular flexibility index (Phi) is 11.3. The first-order valence-corrected chi connectivity index (χ1v) is 11.0. The van der Waals surface area contributed by atoms with Gasteiger partial charge in [-0.3, -0.25) is 0 Å². The van der Waals surface area contributed by atoms with E-state index in [-0.39, 0.29) is 5.56 Å². The maximum Gasteiger partial charge on any atom is 0.509 e. The second-order valence-electron chi connectivity index (χ2n) is 7.74. The number of halogens is 3. The third kappa shape index (κ3) is 11.3. The van der Waals surface area contributed by atoms with Crippen molar-refractivity contribution in [1.82, 2.24) is 0 Å². The Labute approximate surface area is 216 Å². The second kappa shape index (κ2) is 13.2. The SMILES string of the molecule is CC(C)(C)OC(=O)OC(C(=O)O)c1ccccc1.O=C(O)C(OC(=O)C(Cl)(Cl)Cl)c1ccccc1. The van der Waals surface area contributed by atoms with Crippen molar-refractivity contribution in [2.24, 2.45) is 0 Å². The van der Waals surface area contributed by atoms with E-state index in [2.05, 4.69) is 4.74 Å². The van der Waals surface area contributed by atoms with Gasteiger partial charge in [-0.05, 0) is 20.8 Å². The van der Waals surface area contributed by atoms with Gasteiger partial charge in [-0.1, -0.05) is 95.5 Å². The van der Waals surface area contributed by atoms with Gasteiger partial charge in [0.05, 0.1) is 0 Å². The summed E-state index contributed by atoms with van der Waals surface area (Å²) < 4.78 is 12.1. The van der Waals surface area contributed by atoms with E-state index in [4.69, 9.17) is 54.5 Å². The first-order chi connectivity index (χ1) is 16.1. The highest BCUT2D eigenvalue weighted by Gasteiger charge is 2.37. The molecular weight excluding hydrogens is 527 g/mol. The predicted molar refractivity (Wildman–Crippen MR) is 127 cm³/mol. The van der Waals surface area contributed by atoms with Gasteiger partial charge < -0.3 is 24.4 Å². The molecule has 2 N–H and O–H groups in total. The molecule has 0 fully saturated rings. The van der Waals surface area contributed by atoms with Crippen LogP contribution in [0.25, 0.3) is 0 Å². The molecule has 2 aromatic rings. The maximum atomic E-state index is 11.4. The van der Waals surface area contributed by atoms with Crippen LogP contribution in [0.3, 0.4) is 0 Å². The van der Waals surface area contributed by atoms with Gasteiger partial charge in [0.2, 0.25) is 12.2 Å². The number of benzene rings is 2. The number of ether oxygens (including phenoxy) is 3. The molecule has 0 spiro atoms. The summed E-state index contributed by atoms with van der Waals surface area (Å²) in [6, 6.07) is 16.1. The summed E-state index contributed by atoms with van der Waals surface area (Å²) in [5, 5.41) is 18.0. The monoisotopic (exact) mass is 548 g/mol. The van der Waals surface area contributed by atoms with Gasteiger partial charge in [-0.15, -0.1) is 0 Å². The molecule has 2 rings (SSSR count). The standard InChI is InChI=1S/C13H16O5.C10H7Cl3O4/c1-13(2,3)18-12(16)17-10(11(14)15)9-7-5-4-6-8-9;11-10(12,13)9(16)17-7(8(14)15)6-4-2-1-3-5-6/h4-8,10H,1-3H3,(H,14,15);1-5,7H,(H,14,15). The predicted octanol–water partition coefficient (Wildman–Crippen LogP) is 5.49. The Morgan fingerprint density at radius 2 is 1.09 bits per heavy atom. The molecule has 0 aliphatic heterocycles.